The number of benzene rings is 4. The van der Waals surface area contributed by atoms with Gasteiger partial charge in [-0.2, -0.15) is 8.42 Å². The highest BCUT2D eigenvalue weighted by atomic mass is 35.5. The molecule has 0 spiro atoms. The molecule has 6 heterocycles. The number of ether oxygens (including phenoxy) is 2. The fourth-order valence-corrected chi connectivity index (χ4v) is 7.45. The fourth-order valence-electron chi connectivity index (χ4n) is 6.71. The molecule has 0 radical (unpaired) electrons. The van der Waals surface area contributed by atoms with Crippen LogP contribution in [0.15, 0.2) is 73.6 Å². The number of fused-ring (bicyclic) bond motifs is 14. The van der Waals surface area contributed by atoms with Gasteiger partial charge in [0.25, 0.3) is 10.1 Å². The number of aryl methyl sites for hydroxylation is 1. The van der Waals surface area contributed by atoms with Gasteiger partial charge in [-0.1, -0.05) is 29.8 Å². The van der Waals surface area contributed by atoms with E-state index in [4.69, 9.17) is 31.0 Å². The van der Waals surface area contributed by atoms with Crippen molar-refractivity contribution in [2.75, 3.05) is 16.4 Å². The van der Waals surface area contributed by atoms with Crippen molar-refractivity contribution < 1.29 is 22.4 Å². The van der Waals surface area contributed by atoms with Crippen LogP contribution in [0.3, 0.4) is 0 Å². The summed E-state index contributed by atoms with van der Waals surface area (Å²) in [6.07, 6.45) is 10.1. The number of hydrogen-bond donors (Lipinski definition) is 3. The van der Waals surface area contributed by atoms with Crippen molar-refractivity contribution in [1.29, 1.82) is 0 Å². The average molecular weight is 729 g/mol. The highest BCUT2D eigenvalue weighted by molar-refractivity contribution is 7.85. The topological polar surface area (TPSA) is 200 Å². The predicted molar refractivity (Wildman–Crippen MR) is 194 cm³/mol. The molecule has 2 aliphatic heterocycles. The Bertz CT molecular complexity index is 2970. The van der Waals surface area contributed by atoms with Gasteiger partial charge < -0.3 is 20.1 Å². The van der Waals surface area contributed by atoms with Crippen LogP contribution in [-0.4, -0.2) is 58.6 Å². The molecule has 3 N–H and O–H groups in total. The quantitative estimate of drug-likeness (QED) is 0.118. The molecule has 0 aliphatic carbocycles. The third-order valence-electron chi connectivity index (χ3n) is 8.90. The molecule has 0 saturated heterocycles. The minimum absolute atomic E-state index is 0.106. The molecule has 4 aromatic heterocycles. The van der Waals surface area contributed by atoms with E-state index in [1.807, 2.05) is 36.4 Å². The summed E-state index contributed by atoms with van der Waals surface area (Å²) >= 11 is 6.97. The van der Waals surface area contributed by atoms with E-state index in [9.17, 15) is 13.0 Å². The Morgan fingerprint density at radius 2 is 1.15 bits per heavy atom. The summed E-state index contributed by atoms with van der Waals surface area (Å²) in [5, 5.41) is 7.03. The number of aromatic nitrogens is 8. The van der Waals surface area contributed by atoms with E-state index in [0.717, 1.165) is 5.56 Å². The molecule has 0 saturated carbocycles. The van der Waals surface area contributed by atoms with Crippen molar-refractivity contribution in [1.82, 2.24) is 39.9 Å². The standard InChI is InChI=1S/C35H21ClN10O5S/c36-35-20(17-6-2-8-19-32(17)51-33-27-22(38-11-13-41-27)21-23(29(33)44-19)39-10-9-37-21)45-26-25(46-35)24-28(42-14-12-40-24)34-30(26)43-18-7-1-4-16(31(18)50-34)5-3-15-52(47,48)49/h1-2,4,6-14,43-44H,3,5,15H2,(H,47,48,49). The number of halogens is 1. The van der Waals surface area contributed by atoms with E-state index < -0.39 is 10.1 Å². The molecule has 0 amide bonds. The summed E-state index contributed by atoms with van der Waals surface area (Å²) in [5.74, 6) is 1.37. The van der Waals surface area contributed by atoms with Gasteiger partial charge in [0.15, 0.2) is 28.2 Å². The Morgan fingerprint density at radius 3 is 1.83 bits per heavy atom. The Kier molecular flexibility index (Phi) is 6.63. The smallest absolute Gasteiger partial charge is 0.264 e. The van der Waals surface area contributed by atoms with Crippen LogP contribution in [0.2, 0.25) is 5.15 Å². The van der Waals surface area contributed by atoms with Crippen molar-refractivity contribution in [2.45, 2.75) is 12.8 Å². The fraction of sp³-hybridized carbons (Fsp3) is 0.0857. The third kappa shape index (κ3) is 4.72. The third-order valence-corrected chi connectivity index (χ3v) is 9.97. The minimum atomic E-state index is -4.11. The largest absolute Gasteiger partial charge is 0.450 e. The maximum Gasteiger partial charge on any atom is 0.264 e. The summed E-state index contributed by atoms with van der Waals surface area (Å²) in [5.41, 5.74) is 7.90. The molecular weight excluding hydrogens is 708 g/mol. The van der Waals surface area contributed by atoms with Crippen LogP contribution < -0.4 is 20.1 Å². The Morgan fingerprint density at radius 1 is 0.615 bits per heavy atom. The molecule has 0 unspecified atom stereocenters. The number of rotatable bonds is 5. The molecule has 8 aromatic rings. The Hall–Kier alpha value is -6.36. The lowest BCUT2D eigenvalue weighted by Gasteiger charge is -2.26. The number of nitrogens with zero attached hydrogens (tertiary/aromatic N) is 8. The number of nitrogens with one attached hydrogen (secondary N) is 2. The lowest BCUT2D eigenvalue weighted by atomic mass is 10.0. The highest BCUT2D eigenvalue weighted by Crippen LogP contribution is 2.53. The first kappa shape index (κ1) is 30.5. The second kappa shape index (κ2) is 11.3. The van der Waals surface area contributed by atoms with E-state index in [2.05, 4.69) is 40.5 Å². The first-order valence-corrected chi connectivity index (χ1v) is 17.9. The van der Waals surface area contributed by atoms with E-state index in [1.54, 1.807) is 37.2 Å². The highest BCUT2D eigenvalue weighted by Gasteiger charge is 2.31. The minimum Gasteiger partial charge on any atom is -0.450 e. The van der Waals surface area contributed by atoms with E-state index >= 15 is 0 Å². The Labute approximate surface area is 297 Å². The molecule has 4 aromatic carbocycles. The van der Waals surface area contributed by atoms with Crippen LogP contribution in [0.1, 0.15) is 12.0 Å². The van der Waals surface area contributed by atoms with Crippen LogP contribution in [0.5, 0.6) is 23.0 Å². The van der Waals surface area contributed by atoms with Gasteiger partial charge in [0.1, 0.15) is 61.2 Å². The van der Waals surface area contributed by atoms with E-state index in [1.165, 1.54) is 0 Å². The average Bonchev–Trinajstić information content (AvgIpc) is 3.16. The molecule has 254 valence electrons. The summed E-state index contributed by atoms with van der Waals surface area (Å²) in [4.78, 5) is 37.3. The maximum atomic E-state index is 11.4. The predicted octanol–water partition coefficient (Wildman–Crippen LogP) is 7.30. The van der Waals surface area contributed by atoms with Gasteiger partial charge in [0, 0.05) is 42.7 Å². The summed E-state index contributed by atoms with van der Waals surface area (Å²) in [6, 6.07) is 11.1. The monoisotopic (exact) mass is 728 g/mol. The van der Waals surface area contributed by atoms with Gasteiger partial charge >= 0.3 is 0 Å². The first-order chi connectivity index (χ1) is 25.3. The number of anilines is 4. The zero-order valence-corrected chi connectivity index (χ0v) is 28.1. The summed E-state index contributed by atoms with van der Waals surface area (Å²) in [6.45, 7) is 0. The van der Waals surface area contributed by atoms with Crippen molar-refractivity contribution in [3.8, 4) is 34.3 Å². The molecular formula is C35H21ClN10O5S. The van der Waals surface area contributed by atoms with Crippen molar-refractivity contribution >= 4 is 88.6 Å². The van der Waals surface area contributed by atoms with Gasteiger partial charge in [-0.3, -0.25) is 24.5 Å². The summed E-state index contributed by atoms with van der Waals surface area (Å²) < 4.78 is 45.3. The zero-order valence-electron chi connectivity index (χ0n) is 26.5. The Balaban J connectivity index is 1.13. The van der Waals surface area contributed by atoms with Crippen LogP contribution in [-0.2, 0) is 16.5 Å². The van der Waals surface area contributed by atoms with Gasteiger partial charge in [0.2, 0.25) is 0 Å². The summed E-state index contributed by atoms with van der Waals surface area (Å²) in [7, 11) is -4.11. The lowest BCUT2D eigenvalue weighted by molar-refractivity contribution is 0.474. The molecule has 0 atom stereocenters. The molecule has 2 aliphatic rings. The maximum absolute atomic E-state index is 11.4. The normalized spacial score (nSPS) is 13.0. The second-order valence-electron chi connectivity index (χ2n) is 12.0. The molecule has 15 nitrogen and oxygen atoms in total. The second-order valence-corrected chi connectivity index (χ2v) is 14.0. The first-order valence-electron chi connectivity index (χ1n) is 15.9. The van der Waals surface area contributed by atoms with Gasteiger partial charge in [-0.25, -0.2) is 19.9 Å². The molecule has 0 fully saturated rings. The number of para-hydroxylation sites is 2. The molecule has 17 heteroatoms. The molecule has 0 bridgehead atoms. The van der Waals surface area contributed by atoms with E-state index in [0.29, 0.717) is 108 Å². The lowest BCUT2D eigenvalue weighted by Crippen LogP contribution is -2.10. The van der Waals surface area contributed by atoms with Gasteiger partial charge in [0.05, 0.1) is 17.1 Å². The van der Waals surface area contributed by atoms with Crippen LogP contribution in [0.4, 0.5) is 22.7 Å². The number of hydrogen-bond acceptors (Lipinski definition) is 14. The van der Waals surface area contributed by atoms with Crippen molar-refractivity contribution in [3.63, 3.8) is 0 Å². The molecule has 52 heavy (non-hydrogen) atoms. The van der Waals surface area contributed by atoms with Gasteiger partial charge in [-0.15, -0.1) is 0 Å². The van der Waals surface area contributed by atoms with E-state index in [-0.39, 0.29) is 17.3 Å². The SMILES string of the molecule is O=S(=O)(O)CCCc1cccc2c1Oc1c(c3nc(-c4cccc5c4Oc4c(c6nccnc6c6nccnc46)N5)c(Cl)nc3c3nccnc13)N2. The van der Waals surface area contributed by atoms with Crippen LogP contribution in [0.25, 0.3) is 55.4 Å². The van der Waals surface area contributed by atoms with Gasteiger partial charge in [-0.05, 0) is 36.6 Å². The van der Waals surface area contributed by atoms with Crippen LogP contribution >= 0.6 is 11.6 Å². The van der Waals surface area contributed by atoms with Crippen LogP contribution in [0, 0.1) is 0 Å². The molecule has 10 rings (SSSR count). The van der Waals surface area contributed by atoms with Crippen molar-refractivity contribution in [2.24, 2.45) is 0 Å². The van der Waals surface area contributed by atoms with Crippen molar-refractivity contribution in [3.05, 3.63) is 84.3 Å². The zero-order chi connectivity index (χ0) is 35.1.